The highest BCUT2D eigenvalue weighted by atomic mass is 32.1. The molecule has 0 radical (unpaired) electrons. The van der Waals surface area contributed by atoms with Crippen molar-refractivity contribution in [3.8, 4) is 11.1 Å². The molecule has 0 heterocycles. The Labute approximate surface area is 106 Å². The smallest absolute Gasteiger partial charge is 0.311 e. The van der Waals surface area contributed by atoms with Gasteiger partial charge >= 0.3 is 8.18 Å². The molecule has 0 fully saturated rings. The van der Waals surface area contributed by atoms with Gasteiger partial charge in [-0.25, -0.2) is 0 Å². The molecule has 1 N–H and O–H groups in total. The van der Waals surface area contributed by atoms with E-state index in [1.54, 1.807) is 0 Å². The van der Waals surface area contributed by atoms with Crippen LogP contribution in [0.3, 0.4) is 0 Å². The van der Waals surface area contributed by atoms with E-state index in [9.17, 15) is 4.57 Å². The Morgan fingerprint density at radius 2 is 1.18 bits per heavy atom. The molecule has 0 bridgehead atoms. The number of nitrogens with zero attached hydrogens (tertiary/aromatic N) is 1. The minimum Gasteiger partial charge on any atom is -0.329 e. The summed E-state index contributed by atoms with van der Waals surface area (Å²) in [7, 11) is -2.68. The van der Waals surface area contributed by atoms with Crippen molar-refractivity contribution < 1.29 is 9.46 Å². The first-order chi connectivity index (χ1) is 8.24. The van der Waals surface area contributed by atoms with E-state index in [0.717, 1.165) is 0 Å². The molecular formula is C12H12NO2PS. The molecule has 3 nitrogen and oxygen atoms in total. The number of benzene rings is 2. The SMILES string of the molecule is O=[PH](O)N=S.c1ccc(-c2ccccc2)cc1. The van der Waals surface area contributed by atoms with Gasteiger partial charge in [-0.15, -0.1) is 4.13 Å². The molecule has 2 aromatic rings. The average Bonchev–Trinajstić information content (AvgIpc) is 2.41. The molecule has 0 amide bonds. The molecule has 5 heteroatoms. The van der Waals surface area contributed by atoms with Gasteiger partial charge in [0.15, 0.2) is 0 Å². The van der Waals surface area contributed by atoms with Crippen LogP contribution in [0, 0.1) is 0 Å². The lowest BCUT2D eigenvalue weighted by Gasteiger charge is -1.98. The van der Waals surface area contributed by atoms with Crippen LogP contribution >= 0.6 is 8.18 Å². The topological polar surface area (TPSA) is 49.7 Å². The predicted octanol–water partition coefficient (Wildman–Crippen LogP) is 3.45. The molecular weight excluding hydrogens is 253 g/mol. The fraction of sp³-hybridized carbons (Fsp3) is 0. The summed E-state index contributed by atoms with van der Waals surface area (Å²) < 4.78 is 11.9. The Morgan fingerprint density at radius 3 is 1.41 bits per heavy atom. The number of hydrogen-bond acceptors (Lipinski definition) is 2. The maximum absolute atomic E-state index is 9.28. The van der Waals surface area contributed by atoms with Crippen molar-refractivity contribution in [2.75, 3.05) is 0 Å². The van der Waals surface area contributed by atoms with Crippen LogP contribution in [0.25, 0.3) is 11.1 Å². The van der Waals surface area contributed by atoms with E-state index < -0.39 is 8.18 Å². The summed E-state index contributed by atoms with van der Waals surface area (Å²) in [6, 6.07) is 20.8. The summed E-state index contributed by atoms with van der Waals surface area (Å²) in [6.07, 6.45) is 0. The van der Waals surface area contributed by atoms with Gasteiger partial charge in [0.05, 0.1) is 0 Å². The largest absolute Gasteiger partial charge is 0.329 e. The second-order valence-electron chi connectivity index (χ2n) is 3.11. The minimum absolute atomic E-state index is 1.28. The Balaban J connectivity index is 0.000000249. The number of rotatable bonds is 2. The molecule has 0 spiro atoms. The maximum atomic E-state index is 9.28. The highest BCUT2D eigenvalue weighted by Crippen LogP contribution is 2.17. The van der Waals surface area contributed by atoms with Crippen LogP contribution < -0.4 is 0 Å². The van der Waals surface area contributed by atoms with Crippen molar-refractivity contribution in [3.63, 3.8) is 0 Å². The standard InChI is InChI=1S/C12H10.H2NO2PS/c1-3-7-11(8-4-1)12-9-5-2-6-10-12;2-4(3)1-5/h1-10H;4H,(H,2,3). The van der Waals surface area contributed by atoms with Crippen LogP contribution in [0.15, 0.2) is 64.8 Å². The molecule has 88 valence electrons. The van der Waals surface area contributed by atoms with Crippen LogP contribution in [-0.2, 0) is 17.0 Å². The van der Waals surface area contributed by atoms with Crippen LogP contribution in [0.4, 0.5) is 0 Å². The summed E-state index contributed by atoms with van der Waals surface area (Å²) in [6.45, 7) is 0. The van der Waals surface area contributed by atoms with E-state index >= 15 is 0 Å². The Hall–Kier alpha value is -1.35. The summed E-state index contributed by atoms with van der Waals surface area (Å²) in [4.78, 5) is 7.64. The molecule has 0 aliphatic rings. The van der Waals surface area contributed by atoms with E-state index in [4.69, 9.17) is 4.89 Å². The molecule has 2 aromatic carbocycles. The summed E-state index contributed by atoms with van der Waals surface area (Å²) in [5.74, 6) is 0. The normalized spacial score (nSPS) is 10.9. The van der Waals surface area contributed by atoms with Crippen molar-refractivity contribution in [2.24, 2.45) is 4.13 Å². The fourth-order valence-corrected chi connectivity index (χ4v) is 1.26. The first-order valence-corrected chi connectivity index (χ1v) is 6.57. The van der Waals surface area contributed by atoms with Crippen molar-refractivity contribution in [1.29, 1.82) is 0 Å². The van der Waals surface area contributed by atoms with Gasteiger partial charge in [-0.1, -0.05) is 60.7 Å². The van der Waals surface area contributed by atoms with Gasteiger partial charge in [-0.05, 0) is 11.1 Å². The molecule has 1 unspecified atom stereocenters. The summed E-state index contributed by atoms with van der Waals surface area (Å²) >= 11 is 3.78. The third-order valence-corrected chi connectivity index (χ3v) is 2.58. The molecule has 0 saturated heterocycles. The molecule has 0 aliphatic carbocycles. The second kappa shape index (κ2) is 7.85. The fourth-order valence-electron chi connectivity index (χ4n) is 1.26. The van der Waals surface area contributed by atoms with Gasteiger partial charge in [0.1, 0.15) is 0 Å². The molecule has 0 aliphatic heterocycles. The Kier molecular flexibility index (Phi) is 6.33. The van der Waals surface area contributed by atoms with E-state index in [1.807, 2.05) is 12.1 Å². The zero-order valence-corrected chi connectivity index (χ0v) is 10.8. The van der Waals surface area contributed by atoms with Crippen molar-refractivity contribution in [3.05, 3.63) is 60.7 Å². The van der Waals surface area contributed by atoms with E-state index in [2.05, 4.69) is 65.1 Å². The van der Waals surface area contributed by atoms with Gasteiger partial charge in [-0.2, -0.15) is 0 Å². The second-order valence-corrected chi connectivity index (χ2v) is 4.40. The highest BCUT2D eigenvalue weighted by Gasteiger charge is 1.91. The molecule has 17 heavy (non-hydrogen) atoms. The quantitative estimate of drug-likeness (QED) is 0.846. The molecule has 0 saturated carbocycles. The van der Waals surface area contributed by atoms with Crippen molar-refractivity contribution in [2.45, 2.75) is 0 Å². The first-order valence-electron chi connectivity index (χ1n) is 4.91. The van der Waals surface area contributed by atoms with Crippen LogP contribution in [0.1, 0.15) is 0 Å². The monoisotopic (exact) mass is 265 g/mol. The third kappa shape index (κ3) is 5.50. The first kappa shape index (κ1) is 13.7. The Bertz CT molecular complexity index is 439. The predicted molar refractivity (Wildman–Crippen MR) is 72.9 cm³/mol. The van der Waals surface area contributed by atoms with Gasteiger partial charge < -0.3 is 4.89 Å². The van der Waals surface area contributed by atoms with Gasteiger partial charge in [0.25, 0.3) is 0 Å². The maximum Gasteiger partial charge on any atom is 0.311 e. The highest BCUT2D eigenvalue weighted by molar-refractivity contribution is 7.55. The van der Waals surface area contributed by atoms with Gasteiger partial charge in [0, 0.05) is 12.4 Å². The van der Waals surface area contributed by atoms with E-state index in [-0.39, 0.29) is 0 Å². The minimum atomic E-state index is -2.68. The lowest BCUT2D eigenvalue weighted by atomic mass is 10.1. The van der Waals surface area contributed by atoms with E-state index in [0.29, 0.717) is 0 Å². The molecule has 2 rings (SSSR count). The summed E-state index contributed by atoms with van der Waals surface area (Å²) in [5.41, 5.74) is 2.55. The third-order valence-electron chi connectivity index (χ3n) is 1.96. The lowest BCUT2D eigenvalue weighted by Crippen LogP contribution is -1.73. The van der Waals surface area contributed by atoms with Crippen LogP contribution in [0.5, 0.6) is 0 Å². The van der Waals surface area contributed by atoms with Gasteiger partial charge in [0.2, 0.25) is 0 Å². The van der Waals surface area contributed by atoms with Crippen LogP contribution in [-0.4, -0.2) is 4.89 Å². The zero-order chi connectivity index (χ0) is 12.5. The zero-order valence-electron chi connectivity index (χ0n) is 8.98. The lowest BCUT2D eigenvalue weighted by molar-refractivity contribution is 0.506. The van der Waals surface area contributed by atoms with Gasteiger partial charge in [-0.3, -0.25) is 4.57 Å². The van der Waals surface area contributed by atoms with Crippen molar-refractivity contribution in [1.82, 2.24) is 0 Å². The average molecular weight is 265 g/mol. The summed E-state index contributed by atoms with van der Waals surface area (Å²) in [5, 5.41) is 0. The molecule has 0 aromatic heterocycles. The van der Waals surface area contributed by atoms with E-state index in [1.165, 1.54) is 11.1 Å². The van der Waals surface area contributed by atoms with Crippen LogP contribution in [0.2, 0.25) is 0 Å². The Morgan fingerprint density at radius 1 is 0.882 bits per heavy atom. The molecule has 1 atom stereocenters. The number of hydrogen-bond donors (Lipinski definition) is 1. The van der Waals surface area contributed by atoms with Crippen molar-refractivity contribution >= 4 is 20.6 Å².